The Morgan fingerprint density at radius 1 is 0.217 bits per heavy atom. The molecule has 0 atom stereocenters. The van der Waals surface area contributed by atoms with Crippen LogP contribution in [0.4, 0.5) is 0 Å². The van der Waals surface area contributed by atoms with Crippen molar-refractivity contribution in [2.75, 3.05) is 0 Å². The van der Waals surface area contributed by atoms with Crippen LogP contribution >= 0.6 is 47.0 Å². The average molecular weight is 657 g/mol. The first-order chi connectivity index (χ1) is 22.8. The summed E-state index contributed by atoms with van der Waals surface area (Å²) in [5, 5.41) is 15.8. The number of thioether (sulfide) groups is 4. The second-order valence-electron chi connectivity index (χ2n) is 11.6. The van der Waals surface area contributed by atoms with Crippen molar-refractivity contribution in [2.24, 2.45) is 0 Å². The van der Waals surface area contributed by atoms with Gasteiger partial charge in [-0.25, -0.2) is 0 Å². The van der Waals surface area contributed by atoms with Crippen molar-refractivity contribution >= 4 is 98.6 Å². The Balaban J connectivity index is 1.46. The number of rotatable bonds is 0. The molecule has 2 heterocycles. The summed E-state index contributed by atoms with van der Waals surface area (Å²) in [4.78, 5) is 5.37. The molecule has 0 nitrogen and oxygen atoms in total. The molecule has 0 saturated carbocycles. The van der Waals surface area contributed by atoms with Gasteiger partial charge in [0.25, 0.3) is 0 Å². The van der Waals surface area contributed by atoms with E-state index < -0.39 is 0 Å². The molecule has 0 amide bonds. The Labute approximate surface area is 282 Å². The molecule has 2 aliphatic rings. The van der Waals surface area contributed by atoms with Crippen LogP contribution in [0.2, 0.25) is 0 Å². The highest BCUT2D eigenvalue weighted by Gasteiger charge is 2.22. The summed E-state index contributed by atoms with van der Waals surface area (Å²) in [5.41, 5.74) is 0. The monoisotopic (exact) mass is 656 g/mol. The fourth-order valence-electron chi connectivity index (χ4n) is 7.12. The van der Waals surface area contributed by atoms with Crippen LogP contribution in [-0.2, 0) is 0 Å². The number of hydrogen-bond acceptors (Lipinski definition) is 4. The molecule has 46 heavy (non-hydrogen) atoms. The van der Waals surface area contributed by atoms with Gasteiger partial charge in [-0.1, -0.05) is 168 Å². The van der Waals surface area contributed by atoms with E-state index in [4.69, 9.17) is 0 Å². The Hall–Kier alpha value is -4.06. The minimum Gasteiger partial charge on any atom is -0.0809 e. The minimum atomic E-state index is 1.30. The zero-order valence-electron chi connectivity index (χ0n) is 24.5. The van der Waals surface area contributed by atoms with Crippen LogP contribution in [0.15, 0.2) is 165 Å². The highest BCUT2D eigenvalue weighted by molar-refractivity contribution is 8.32. The van der Waals surface area contributed by atoms with Crippen molar-refractivity contribution < 1.29 is 0 Å². The van der Waals surface area contributed by atoms with E-state index in [1.807, 2.05) is 47.0 Å². The SMILES string of the molecule is c1ccc2c(c1)SC(=c1c3ccccc3c(=c3c4ccccc4c(=C4Sc5ccccc5S4)c4ccccc34)c3ccccc13)S2. The first-order valence-electron chi connectivity index (χ1n) is 15.3. The lowest BCUT2D eigenvalue weighted by atomic mass is 9.92. The van der Waals surface area contributed by atoms with Gasteiger partial charge in [-0.3, -0.25) is 0 Å². The van der Waals surface area contributed by atoms with Crippen molar-refractivity contribution in [3.8, 4) is 0 Å². The van der Waals surface area contributed by atoms with Crippen molar-refractivity contribution in [2.45, 2.75) is 19.6 Å². The van der Waals surface area contributed by atoms with Gasteiger partial charge in [0.05, 0.1) is 8.47 Å². The van der Waals surface area contributed by atoms with Gasteiger partial charge < -0.3 is 0 Å². The van der Waals surface area contributed by atoms with E-state index in [-0.39, 0.29) is 0 Å². The molecule has 216 valence electrons. The Bertz CT molecular complexity index is 2440. The van der Waals surface area contributed by atoms with E-state index in [9.17, 15) is 0 Å². The fourth-order valence-corrected chi connectivity index (χ4v) is 12.4. The summed E-state index contributed by atoms with van der Waals surface area (Å²) < 4.78 is 2.72. The maximum Gasteiger partial charge on any atom is 0.0584 e. The first-order valence-corrected chi connectivity index (χ1v) is 18.6. The number of hydrogen-bond donors (Lipinski definition) is 0. The van der Waals surface area contributed by atoms with E-state index in [1.54, 1.807) is 0 Å². The fraction of sp³-hybridized carbons (Fsp3) is 0. The molecule has 0 aliphatic carbocycles. The van der Waals surface area contributed by atoms with Crippen LogP contribution in [0.1, 0.15) is 0 Å². The van der Waals surface area contributed by atoms with Gasteiger partial charge in [-0.15, -0.1) is 0 Å². The van der Waals surface area contributed by atoms with Gasteiger partial charge in [-0.2, -0.15) is 0 Å². The van der Waals surface area contributed by atoms with Crippen molar-refractivity contribution in [3.63, 3.8) is 0 Å². The molecule has 2 aliphatic heterocycles. The molecule has 0 bridgehead atoms. The van der Waals surface area contributed by atoms with Crippen molar-refractivity contribution in [1.29, 1.82) is 0 Å². The summed E-state index contributed by atoms with van der Waals surface area (Å²) in [6.45, 7) is 0. The third-order valence-corrected chi connectivity index (χ3v) is 14.2. The normalized spacial score (nSPS) is 14.1. The average Bonchev–Trinajstić information content (AvgIpc) is 3.74. The zero-order chi connectivity index (χ0) is 30.2. The quantitative estimate of drug-likeness (QED) is 0.149. The zero-order valence-corrected chi connectivity index (χ0v) is 27.8. The molecule has 0 spiro atoms. The maximum absolute atomic E-state index is 2.34. The Kier molecular flexibility index (Phi) is 6.33. The second kappa shape index (κ2) is 10.8. The molecule has 0 N–H and O–H groups in total. The molecule has 0 unspecified atom stereocenters. The van der Waals surface area contributed by atoms with Crippen LogP contribution < -0.4 is 10.4 Å². The third kappa shape index (κ3) is 4.07. The van der Waals surface area contributed by atoms with Gasteiger partial charge in [0, 0.05) is 30.0 Å². The smallest absolute Gasteiger partial charge is 0.0584 e. The molecular weight excluding hydrogens is 633 g/mol. The summed E-state index contributed by atoms with van der Waals surface area (Å²) in [6, 6.07) is 53.9. The molecule has 4 heteroatoms. The van der Waals surface area contributed by atoms with Crippen LogP contribution in [0.3, 0.4) is 0 Å². The highest BCUT2D eigenvalue weighted by Crippen LogP contribution is 2.53. The molecule has 8 aromatic rings. The van der Waals surface area contributed by atoms with E-state index in [0.29, 0.717) is 0 Å². The van der Waals surface area contributed by atoms with Crippen molar-refractivity contribution in [1.82, 2.24) is 0 Å². The summed E-state index contributed by atoms with van der Waals surface area (Å²) in [5.74, 6) is 0. The third-order valence-electron chi connectivity index (χ3n) is 9.03. The van der Waals surface area contributed by atoms with Crippen LogP contribution in [-0.4, -0.2) is 0 Å². The molecule has 0 aromatic heterocycles. The molecular formula is C42H24S4. The molecule has 0 saturated heterocycles. The van der Waals surface area contributed by atoms with E-state index in [0.717, 1.165) is 0 Å². The van der Waals surface area contributed by atoms with Crippen molar-refractivity contribution in [3.05, 3.63) is 166 Å². The van der Waals surface area contributed by atoms with Gasteiger partial charge in [0.1, 0.15) is 0 Å². The number of fused-ring (bicyclic) bond motifs is 6. The predicted molar refractivity (Wildman–Crippen MR) is 203 cm³/mol. The van der Waals surface area contributed by atoms with Crippen LogP contribution in [0.5, 0.6) is 0 Å². The maximum atomic E-state index is 2.34. The lowest BCUT2D eigenvalue weighted by molar-refractivity contribution is 1.27. The van der Waals surface area contributed by atoms with E-state index in [2.05, 4.69) is 146 Å². The Morgan fingerprint density at radius 3 is 0.652 bits per heavy atom. The molecule has 0 fully saturated rings. The summed E-state index contributed by atoms with van der Waals surface area (Å²) in [7, 11) is 0. The second-order valence-corrected chi connectivity index (χ2v) is 16.3. The first kappa shape index (κ1) is 27.1. The van der Waals surface area contributed by atoms with E-state index >= 15 is 0 Å². The largest absolute Gasteiger partial charge is 0.0809 e. The van der Waals surface area contributed by atoms with E-state index in [1.165, 1.54) is 92.0 Å². The highest BCUT2D eigenvalue weighted by atomic mass is 32.2. The van der Waals surface area contributed by atoms with Gasteiger partial charge in [-0.05, 0) is 77.8 Å². The van der Waals surface area contributed by atoms with Gasteiger partial charge in [0.2, 0.25) is 0 Å². The van der Waals surface area contributed by atoms with Gasteiger partial charge in [0.15, 0.2) is 0 Å². The van der Waals surface area contributed by atoms with Gasteiger partial charge >= 0.3 is 0 Å². The standard InChI is InChI=1S/C42H24S4/c1-5-17-29-25(13-1)37(26-14-2-6-18-30(26)39(29)41-43-33-21-9-10-22-34(33)44-41)38-27-15-3-7-19-31(27)40(32-20-8-4-16-28(32)38)42-45-35-23-11-12-24-36(35)46-42/h1-24H. The Morgan fingerprint density at radius 2 is 0.413 bits per heavy atom. The topological polar surface area (TPSA) is 0 Å². The predicted octanol–water partition coefficient (Wildman–Crippen LogP) is 11.5. The summed E-state index contributed by atoms with van der Waals surface area (Å²) >= 11 is 7.64. The summed E-state index contributed by atoms with van der Waals surface area (Å²) in [6.07, 6.45) is 0. The van der Waals surface area contributed by atoms with Crippen LogP contribution in [0, 0.1) is 10.4 Å². The molecule has 10 rings (SSSR count). The minimum absolute atomic E-state index is 1.30. The molecule has 0 radical (unpaired) electrons. The molecule has 8 aromatic carbocycles. The lowest BCUT2D eigenvalue weighted by Gasteiger charge is -2.13. The lowest BCUT2D eigenvalue weighted by Crippen LogP contribution is -2.09. The van der Waals surface area contributed by atoms with Crippen LogP contribution in [0.25, 0.3) is 51.6 Å². The number of benzene rings is 8.